The van der Waals surface area contributed by atoms with E-state index in [-0.39, 0.29) is 24.2 Å². The molecular formula is C30H24N2O2. The molecule has 1 saturated heterocycles. The Balaban J connectivity index is 1.60. The molecule has 1 fully saturated rings. The Morgan fingerprint density at radius 1 is 0.706 bits per heavy atom. The van der Waals surface area contributed by atoms with Gasteiger partial charge in [0.25, 0.3) is 5.91 Å². The van der Waals surface area contributed by atoms with Gasteiger partial charge in [-0.3, -0.25) is 14.5 Å². The summed E-state index contributed by atoms with van der Waals surface area (Å²) in [6.07, 6.45) is 0.276. The Labute approximate surface area is 199 Å². The number of carbonyl (C=O) groups excluding carboxylic acids is 2. The first-order valence-corrected chi connectivity index (χ1v) is 11.6. The molecule has 0 aromatic heterocycles. The van der Waals surface area contributed by atoms with E-state index in [0.717, 1.165) is 28.1 Å². The molecule has 2 atom stereocenters. The van der Waals surface area contributed by atoms with Gasteiger partial charge >= 0.3 is 0 Å². The van der Waals surface area contributed by atoms with Gasteiger partial charge in [0.1, 0.15) is 0 Å². The lowest BCUT2D eigenvalue weighted by molar-refractivity contribution is -0.125. The fraction of sp³-hybridized carbons (Fsp3) is 0.133. The molecule has 2 amide bonds. The van der Waals surface area contributed by atoms with Crippen LogP contribution in [0.15, 0.2) is 115 Å². The second kappa shape index (κ2) is 7.99. The lowest BCUT2D eigenvalue weighted by Crippen LogP contribution is -2.53. The first-order valence-electron chi connectivity index (χ1n) is 11.6. The summed E-state index contributed by atoms with van der Waals surface area (Å²) in [5.74, 6) is -0.387. The summed E-state index contributed by atoms with van der Waals surface area (Å²) in [5.41, 5.74) is 3.42. The van der Waals surface area contributed by atoms with Crippen molar-refractivity contribution in [1.29, 1.82) is 0 Å². The molecule has 2 aliphatic rings. The van der Waals surface area contributed by atoms with E-state index in [0.29, 0.717) is 6.54 Å². The lowest BCUT2D eigenvalue weighted by Gasteiger charge is -2.38. The van der Waals surface area contributed by atoms with Crippen LogP contribution >= 0.6 is 0 Å². The minimum atomic E-state index is -1.13. The predicted octanol–water partition coefficient (Wildman–Crippen LogP) is 5.65. The molecule has 0 radical (unpaired) electrons. The van der Waals surface area contributed by atoms with Gasteiger partial charge in [-0.05, 0) is 29.3 Å². The number of amides is 2. The van der Waals surface area contributed by atoms with Gasteiger partial charge in [0.05, 0.1) is 12.2 Å². The predicted molar refractivity (Wildman–Crippen MR) is 133 cm³/mol. The van der Waals surface area contributed by atoms with E-state index in [4.69, 9.17) is 0 Å². The summed E-state index contributed by atoms with van der Waals surface area (Å²) in [5, 5.41) is 0. The maximum Gasteiger partial charge on any atom is 0.259 e. The number of anilines is 2. The molecule has 4 nitrogen and oxygen atoms in total. The second-order valence-electron chi connectivity index (χ2n) is 8.89. The molecule has 4 aromatic carbocycles. The smallest absolute Gasteiger partial charge is 0.259 e. The maximum absolute atomic E-state index is 14.6. The molecule has 4 aromatic rings. The van der Waals surface area contributed by atoms with Gasteiger partial charge < -0.3 is 4.90 Å². The van der Waals surface area contributed by atoms with Crippen LogP contribution in [-0.4, -0.2) is 11.8 Å². The van der Waals surface area contributed by atoms with Crippen LogP contribution in [-0.2, 0) is 21.7 Å². The minimum absolute atomic E-state index is 0.0373. The van der Waals surface area contributed by atoms with Gasteiger partial charge in [0.2, 0.25) is 5.91 Å². The fourth-order valence-electron chi connectivity index (χ4n) is 5.67. The van der Waals surface area contributed by atoms with Crippen molar-refractivity contribution < 1.29 is 9.59 Å². The van der Waals surface area contributed by atoms with Crippen molar-refractivity contribution >= 4 is 23.2 Å². The lowest BCUT2D eigenvalue weighted by atomic mass is 9.75. The zero-order chi connectivity index (χ0) is 23.1. The number of fused-ring (bicyclic) bond motifs is 2. The largest absolute Gasteiger partial charge is 0.305 e. The van der Waals surface area contributed by atoms with E-state index in [1.54, 1.807) is 4.90 Å². The Kier molecular flexibility index (Phi) is 4.80. The average molecular weight is 445 g/mol. The van der Waals surface area contributed by atoms with Crippen LogP contribution in [0.25, 0.3) is 0 Å². The van der Waals surface area contributed by atoms with E-state index in [9.17, 15) is 9.59 Å². The summed E-state index contributed by atoms with van der Waals surface area (Å²) in [4.78, 5) is 31.9. The van der Waals surface area contributed by atoms with Gasteiger partial charge in [-0.25, -0.2) is 0 Å². The first kappa shape index (κ1) is 20.4. The number of para-hydroxylation sites is 2. The highest BCUT2D eigenvalue weighted by molar-refractivity contribution is 6.17. The molecule has 6 rings (SSSR count). The van der Waals surface area contributed by atoms with Gasteiger partial charge in [-0.2, -0.15) is 0 Å². The monoisotopic (exact) mass is 444 g/mol. The van der Waals surface area contributed by atoms with Gasteiger partial charge in [-0.1, -0.05) is 97.1 Å². The summed E-state index contributed by atoms with van der Waals surface area (Å²) < 4.78 is 0. The number of nitrogens with zero attached hydrogens (tertiary/aromatic N) is 2. The highest BCUT2D eigenvalue weighted by Crippen LogP contribution is 2.58. The molecule has 166 valence electrons. The third-order valence-corrected chi connectivity index (χ3v) is 7.06. The summed E-state index contributed by atoms with van der Waals surface area (Å²) in [7, 11) is 0. The van der Waals surface area contributed by atoms with Crippen molar-refractivity contribution in [2.45, 2.75) is 24.4 Å². The average Bonchev–Trinajstić information content (AvgIpc) is 3.33. The Morgan fingerprint density at radius 3 is 2.00 bits per heavy atom. The van der Waals surface area contributed by atoms with Crippen LogP contribution in [0.2, 0.25) is 0 Å². The molecule has 0 unspecified atom stereocenters. The molecular weight excluding hydrogens is 420 g/mol. The number of carbonyl (C=O) groups is 2. The molecule has 2 heterocycles. The Hall–Kier alpha value is -4.18. The van der Waals surface area contributed by atoms with Crippen LogP contribution in [0.4, 0.5) is 11.4 Å². The van der Waals surface area contributed by atoms with Crippen molar-refractivity contribution in [1.82, 2.24) is 0 Å². The van der Waals surface area contributed by atoms with Gasteiger partial charge in [0, 0.05) is 23.6 Å². The highest BCUT2D eigenvalue weighted by Gasteiger charge is 2.65. The van der Waals surface area contributed by atoms with E-state index in [1.807, 2.05) is 120 Å². The van der Waals surface area contributed by atoms with E-state index < -0.39 is 5.54 Å². The van der Waals surface area contributed by atoms with Gasteiger partial charge in [0.15, 0.2) is 5.54 Å². The molecule has 0 bridgehead atoms. The van der Waals surface area contributed by atoms with E-state index in [1.165, 1.54) is 0 Å². The highest BCUT2D eigenvalue weighted by atomic mass is 16.2. The quantitative estimate of drug-likeness (QED) is 0.408. The number of hydrogen-bond donors (Lipinski definition) is 0. The van der Waals surface area contributed by atoms with E-state index in [2.05, 4.69) is 0 Å². The molecule has 2 aliphatic heterocycles. The van der Waals surface area contributed by atoms with Crippen LogP contribution in [0.3, 0.4) is 0 Å². The molecule has 0 N–H and O–H groups in total. The molecule has 1 spiro atoms. The van der Waals surface area contributed by atoms with E-state index >= 15 is 0 Å². The van der Waals surface area contributed by atoms with Crippen molar-refractivity contribution in [3.63, 3.8) is 0 Å². The first-order chi connectivity index (χ1) is 16.7. The maximum atomic E-state index is 14.6. The molecule has 0 saturated carbocycles. The van der Waals surface area contributed by atoms with Gasteiger partial charge in [-0.15, -0.1) is 0 Å². The SMILES string of the molecule is O=C1C[C@H](c2ccccc2)[C@@]2(C(=O)N(Cc3ccccc3)c3ccccc32)N1c1ccccc1. The summed E-state index contributed by atoms with van der Waals surface area (Å²) in [6.45, 7) is 0.455. The van der Waals surface area contributed by atoms with Crippen molar-refractivity contribution in [3.8, 4) is 0 Å². The third-order valence-electron chi connectivity index (χ3n) is 7.06. The Bertz CT molecular complexity index is 1350. The van der Waals surface area contributed by atoms with Crippen molar-refractivity contribution in [2.24, 2.45) is 0 Å². The fourth-order valence-corrected chi connectivity index (χ4v) is 5.67. The Morgan fingerprint density at radius 2 is 1.29 bits per heavy atom. The topological polar surface area (TPSA) is 40.6 Å². The standard InChI is InChI=1S/C30H24N2O2/c33-28-20-26(23-14-6-2-7-15-23)30(32(28)24-16-8-3-9-17-24)25-18-10-11-19-27(25)31(29(30)34)21-22-12-4-1-5-13-22/h1-19,26H,20-21H2/t26-,30+/m1/s1. The van der Waals surface area contributed by atoms with Crippen LogP contribution < -0.4 is 9.80 Å². The number of hydrogen-bond acceptors (Lipinski definition) is 2. The normalized spacial score (nSPS) is 21.4. The van der Waals surface area contributed by atoms with Crippen LogP contribution in [0.5, 0.6) is 0 Å². The molecule has 4 heteroatoms. The van der Waals surface area contributed by atoms with Crippen molar-refractivity contribution in [3.05, 3.63) is 132 Å². The second-order valence-corrected chi connectivity index (χ2v) is 8.89. The third kappa shape index (κ3) is 2.92. The summed E-state index contributed by atoms with van der Waals surface area (Å²) >= 11 is 0. The molecule has 34 heavy (non-hydrogen) atoms. The zero-order valence-corrected chi connectivity index (χ0v) is 18.7. The minimum Gasteiger partial charge on any atom is -0.305 e. The summed E-state index contributed by atoms with van der Waals surface area (Å²) in [6, 6.07) is 37.5. The number of rotatable bonds is 4. The zero-order valence-electron chi connectivity index (χ0n) is 18.7. The number of benzene rings is 4. The van der Waals surface area contributed by atoms with Crippen molar-refractivity contribution in [2.75, 3.05) is 9.80 Å². The molecule has 0 aliphatic carbocycles. The van der Waals surface area contributed by atoms with Crippen LogP contribution in [0, 0.1) is 0 Å². The van der Waals surface area contributed by atoms with Crippen LogP contribution in [0.1, 0.15) is 29.0 Å².